The fourth-order valence-corrected chi connectivity index (χ4v) is 3.62. The SMILES string of the molecule is O=C(COC(=O)c1csc(-c2cccs2)n1)NCCOc1ccccc1. The molecule has 1 amide bonds. The van der Waals surface area contributed by atoms with Gasteiger partial charge in [0.05, 0.1) is 11.4 Å². The first-order valence-corrected chi connectivity index (χ1v) is 9.59. The molecule has 0 unspecified atom stereocenters. The van der Waals surface area contributed by atoms with Gasteiger partial charge in [0.2, 0.25) is 0 Å². The predicted molar refractivity (Wildman–Crippen MR) is 101 cm³/mol. The number of carbonyl (C=O) groups is 2. The maximum absolute atomic E-state index is 12.0. The summed E-state index contributed by atoms with van der Waals surface area (Å²) in [6.45, 7) is 0.306. The molecule has 0 bridgehead atoms. The fraction of sp³-hybridized carbons (Fsp3) is 0.167. The number of hydrogen-bond acceptors (Lipinski definition) is 7. The number of benzene rings is 1. The molecule has 0 aliphatic heterocycles. The summed E-state index contributed by atoms with van der Waals surface area (Å²) in [7, 11) is 0. The van der Waals surface area contributed by atoms with Crippen LogP contribution in [-0.2, 0) is 9.53 Å². The van der Waals surface area contributed by atoms with Gasteiger partial charge < -0.3 is 14.8 Å². The lowest BCUT2D eigenvalue weighted by Crippen LogP contribution is -2.32. The number of ether oxygens (including phenoxy) is 2. The molecule has 0 saturated heterocycles. The summed E-state index contributed by atoms with van der Waals surface area (Å²) in [5, 5.41) is 6.96. The van der Waals surface area contributed by atoms with Crippen molar-refractivity contribution in [2.45, 2.75) is 0 Å². The summed E-state index contributed by atoms with van der Waals surface area (Å²) in [6.07, 6.45) is 0. The van der Waals surface area contributed by atoms with E-state index in [4.69, 9.17) is 9.47 Å². The Balaban J connectivity index is 1.37. The molecule has 0 fully saturated rings. The third-order valence-electron chi connectivity index (χ3n) is 3.22. The number of hydrogen-bond donors (Lipinski definition) is 1. The van der Waals surface area contributed by atoms with Crippen molar-refractivity contribution < 1.29 is 19.1 Å². The van der Waals surface area contributed by atoms with Gasteiger partial charge in [0.15, 0.2) is 12.3 Å². The van der Waals surface area contributed by atoms with Crippen LogP contribution in [0.15, 0.2) is 53.2 Å². The zero-order valence-corrected chi connectivity index (χ0v) is 15.3. The lowest BCUT2D eigenvalue weighted by Gasteiger charge is -2.07. The molecule has 0 spiro atoms. The van der Waals surface area contributed by atoms with Gasteiger partial charge in [-0.1, -0.05) is 24.3 Å². The minimum atomic E-state index is -0.611. The largest absolute Gasteiger partial charge is 0.492 e. The van der Waals surface area contributed by atoms with Crippen LogP contribution in [0.1, 0.15) is 10.5 Å². The van der Waals surface area contributed by atoms with Crippen molar-refractivity contribution in [1.29, 1.82) is 0 Å². The van der Waals surface area contributed by atoms with Crippen LogP contribution >= 0.6 is 22.7 Å². The van der Waals surface area contributed by atoms with Crippen LogP contribution in [-0.4, -0.2) is 36.6 Å². The van der Waals surface area contributed by atoms with Crippen molar-refractivity contribution in [2.75, 3.05) is 19.8 Å². The Morgan fingerprint density at radius 3 is 2.69 bits per heavy atom. The number of aromatic nitrogens is 1. The zero-order chi connectivity index (χ0) is 18.2. The zero-order valence-electron chi connectivity index (χ0n) is 13.7. The Bertz CT molecular complexity index is 847. The summed E-state index contributed by atoms with van der Waals surface area (Å²) in [6, 6.07) is 13.2. The number of nitrogens with zero attached hydrogens (tertiary/aromatic N) is 1. The van der Waals surface area contributed by atoms with Gasteiger partial charge in [-0.25, -0.2) is 9.78 Å². The van der Waals surface area contributed by atoms with Crippen LogP contribution in [0, 0.1) is 0 Å². The fourth-order valence-electron chi connectivity index (χ4n) is 2.01. The van der Waals surface area contributed by atoms with Crippen molar-refractivity contribution in [2.24, 2.45) is 0 Å². The van der Waals surface area contributed by atoms with Gasteiger partial charge in [-0.05, 0) is 23.6 Å². The second-order valence-electron chi connectivity index (χ2n) is 5.10. The minimum absolute atomic E-state index is 0.207. The lowest BCUT2D eigenvalue weighted by molar-refractivity contribution is -0.124. The molecule has 0 atom stereocenters. The number of thiophene rings is 1. The topological polar surface area (TPSA) is 77.5 Å². The molecule has 26 heavy (non-hydrogen) atoms. The number of esters is 1. The molecule has 0 aliphatic carbocycles. The smallest absolute Gasteiger partial charge is 0.358 e. The highest BCUT2D eigenvalue weighted by atomic mass is 32.1. The molecule has 0 radical (unpaired) electrons. The third kappa shape index (κ3) is 5.14. The van der Waals surface area contributed by atoms with E-state index in [2.05, 4.69) is 10.3 Å². The van der Waals surface area contributed by atoms with Crippen molar-refractivity contribution >= 4 is 34.6 Å². The monoisotopic (exact) mass is 388 g/mol. The van der Waals surface area contributed by atoms with E-state index in [1.54, 1.807) is 16.7 Å². The number of nitrogens with one attached hydrogen (secondary N) is 1. The molecule has 1 N–H and O–H groups in total. The number of rotatable bonds is 8. The first kappa shape index (κ1) is 18.1. The summed E-state index contributed by atoms with van der Waals surface area (Å²) < 4.78 is 10.5. The molecule has 2 aromatic heterocycles. The van der Waals surface area contributed by atoms with E-state index in [9.17, 15) is 9.59 Å². The predicted octanol–water partition coefficient (Wildman–Crippen LogP) is 3.22. The first-order valence-electron chi connectivity index (χ1n) is 7.83. The van der Waals surface area contributed by atoms with Gasteiger partial charge >= 0.3 is 5.97 Å². The number of thiazole rings is 1. The van der Waals surface area contributed by atoms with Gasteiger partial charge in [0.1, 0.15) is 17.4 Å². The second-order valence-corrected chi connectivity index (χ2v) is 6.91. The normalized spacial score (nSPS) is 10.3. The molecular weight excluding hydrogens is 372 g/mol. The highest BCUT2D eigenvalue weighted by Crippen LogP contribution is 2.27. The van der Waals surface area contributed by atoms with Crippen molar-refractivity contribution in [1.82, 2.24) is 10.3 Å². The Hall–Kier alpha value is -2.71. The molecule has 8 heteroatoms. The summed E-state index contributed by atoms with van der Waals surface area (Å²) >= 11 is 2.91. The van der Waals surface area contributed by atoms with Gasteiger partial charge in [-0.3, -0.25) is 4.79 Å². The highest BCUT2D eigenvalue weighted by molar-refractivity contribution is 7.20. The Morgan fingerprint density at radius 1 is 1.08 bits per heavy atom. The third-order valence-corrected chi connectivity index (χ3v) is 5.10. The molecule has 0 aliphatic rings. The van der Waals surface area contributed by atoms with E-state index >= 15 is 0 Å². The van der Waals surface area contributed by atoms with E-state index in [1.165, 1.54) is 11.3 Å². The van der Waals surface area contributed by atoms with E-state index in [0.717, 1.165) is 15.6 Å². The van der Waals surface area contributed by atoms with E-state index in [-0.39, 0.29) is 18.2 Å². The Kier molecular flexibility index (Phi) is 6.34. The molecule has 1 aromatic carbocycles. The van der Waals surface area contributed by atoms with Crippen LogP contribution in [0.3, 0.4) is 0 Å². The van der Waals surface area contributed by atoms with Crippen LogP contribution in [0.5, 0.6) is 5.75 Å². The van der Waals surface area contributed by atoms with E-state index in [0.29, 0.717) is 13.2 Å². The number of carbonyl (C=O) groups excluding carboxylic acids is 2. The first-order chi connectivity index (χ1) is 12.7. The van der Waals surface area contributed by atoms with Gasteiger partial charge in [0.25, 0.3) is 5.91 Å². The lowest BCUT2D eigenvalue weighted by atomic mass is 10.3. The van der Waals surface area contributed by atoms with Gasteiger partial charge in [-0.15, -0.1) is 22.7 Å². The van der Waals surface area contributed by atoms with E-state index < -0.39 is 5.97 Å². The molecule has 6 nitrogen and oxygen atoms in total. The van der Waals surface area contributed by atoms with Crippen molar-refractivity contribution in [3.8, 4) is 15.6 Å². The van der Waals surface area contributed by atoms with Crippen molar-refractivity contribution in [3.05, 3.63) is 58.9 Å². The van der Waals surface area contributed by atoms with Gasteiger partial charge in [-0.2, -0.15) is 0 Å². The summed E-state index contributed by atoms with van der Waals surface area (Å²) in [5.41, 5.74) is 0.207. The highest BCUT2D eigenvalue weighted by Gasteiger charge is 2.15. The second kappa shape index (κ2) is 9.12. The molecule has 134 valence electrons. The number of amides is 1. The summed E-state index contributed by atoms with van der Waals surface area (Å²) in [5.74, 6) is -0.262. The average Bonchev–Trinajstić information content (AvgIpc) is 3.35. The van der Waals surface area contributed by atoms with Crippen LogP contribution in [0.4, 0.5) is 0 Å². The molecular formula is C18H16N2O4S2. The molecule has 0 saturated carbocycles. The maximum atomic E-state index is 12.0. The Labute approximate surface area is 158 Å². The van der Waals surface area contributed by atoms with Crippen LogP contribution in [0.2, 0.25) is 0 Å². The molecule has 3 aromatic rings. The standard InChI is InChI=1S/C18H16N2O4S2/c21-16(19-8-9-23-13-5-2-1-3-6-13)11-24-18(22)14-12-26-17(20-14)15-7-4-10-25-15/h1-7,10,12H,8-9,11H2,(H,19,21). The van der Waals surface area contributed by atoms with E-state index in [1.807, 2.05) is 47.8 Å². The maximum Gasteiger partial charge on any atom is 0.358 e. The molecule has 3 rings (SSSR count). The Morgan fingerprint density at radius 2 is 1.92 bits per heavy atom. The minimum Gasteiger partial charge on any atom is -0.492 e. The quantitative estimate of drug-likeness (QED) is 0.474. The van der Waals surface area contributed by atoms with Crippen molar-refractivity contribution in [3.63, 3.8) is 0 Å². The number of para-hydroxylation sites is 1. The van der Waals surface area contributed by atoms with Crippen LogP contribution in [0.25, 0.3) is 9.88 Å². The van der Waals surface area contributed by atoms with Crippen LogP contribution < -0.4 is 10.1 Å². The van der Waals surface area contributed by atoms with Gasteiger partial charge in [0, 0.05) is 5.38 Å². The molecule has 2 heterocycles. The average molecular weight is 388 g/mol. The summed E-state index contributed by atoms with van der Waals surface area (Å²) in [4.78, 5) is 28.9.